The molecule has 1 aliphatic heterocycles. The first kappa shape index (κ1) is 17.8. The maximum Gasteiger partial charge on any atom is 0.322 e. The third kappa shape index (κ3) is 3.15. The molecule has 3 heterocycles. The Morgan fingerprint density at radius 3 is 2.71 bits per heavy atom. The van der Waals surface area contributed by atoms with Crippen LogP contribution in [0.4, 0.5) is 10.5 Å². The van der Waals surface area contributed by atoms with E-state index in [4.69, 9.17) is 0 Å². The number of rotatable bonds is 2. The van der Waals surface area contributed by atoms with Crippen LogP contribution in [0.15, 0.2) is 79.1 Å². The fraction of sp³-hybridized carbons (Fsp3) is 0.115. The predicted molar refractivity (Wildman–Crippen MR) is 125 cm³/mol. The van der Waals surface area contributed by atoms with Gasteiger partial charge in [0.05, 0.1) is 5.69 Å². The van der Waals surface area contributed by atoms with E-state index in [-0.39, 0.29) is 6.03 Å². The monoisotopic (exact) mass is 406 g/mol. The van der Waals surface area contributed by atoms with E-state index >= 15 is 0 Å². The lowest BCUT2D eigenvalue weighted by Gasteiger charge is -2.29. The molecular weight excluding hydrogens is 384 g/mol. The molecule has 152 valence electrons. The highest BCUT2D eigenvalue weighted by Gasteiger charge is 2.22. The van der Waals surface area contributed by atoms with E-state index < -0.39 is 0 Å². The van der Waals surface area contributed by atoms with Gasteiger partial charge < -0.3 is 20.2 Å². The Morgan fingerprint density at radius 1 is 0.871 bits per heavy atom. The van der Waals surface area contributed by atoms with Gasteiger partial charge in [-0.25, -0.2) is 4.79 Å². The number of benzene rings is 3. The smallest absolute Gasteiger partial charge is 0.322 e. The molecule has 2 amide bonds. The number of hydrogen-bond donors (Lipinski definition) is 3. The molecule has 0 saturated carbocycles. The zero-order valence-corrected chi connectivity index (χ0v) is 17.0. The van der Waals surface area contributed by atoms with Crippen LogP contribution in [0.5, 0.6) is 0 Å². The number of nitrogens with one attached hydrogen (secondary N) is 3. The van der Waals surface area contributed by atoms with Gasteiger partial charge in [-0.15, -0.1) is 0 Å². The molecule has 1 aliphatic rings. The number of hydrogen-bond acceptors (Lipinski definition) is 1. The summed E-state index contributed by atoms with van der Waals surface area (Å²) >= 11 is 0. The average Bonchev–Trinajstić information content (AvgIpc) is 3.45. The second-order valence-corrected chi connectivity index (χ2v) is 8.11. The third-order valence-electron chi connectivity index (χ3n) is 6.22. The normalized spacial score (nSPS) is 13.5. The molecule has 5 aromatic rings. The second-order valence-electron chi connectivity index (χ2n) is 8.11. The van der Waals surface area contributed by atoms with Crippen LogP contribution in [0.1, 0.15) is 11.1 Å². The molecule has 31 heavy (non-hydrogen) atoms. The highest BCUT2D eigenvalue weighted by molar-refractivity contribution is 6.01. The number of fused-ring (bicyclic) bond motifs is 3. The van der Waals surface area contributed by atoms with E-state index in [1.807, 2.05) is 41.6 Å². The molecule has 0 radical (unpaired) electrons. The summed E-state index contributed by atoms with van der Waals surface area (Å²) < 4.78 is 0. The minimum atomic E-state index is -0.0580. The van der Waals surface area contributed by atoms with Gasteiger partial charge in [-0.3, -0.25) is 0 Å². The van der Waals surface area contributed by atoms with Crippen LogP contribution in [0.2, 0.25) is 0 Å². The van der Waals surface area contributed by atoms with Crippen molar-refractivity contribution in [2.75, 3.05) is 11.9 Å². The quantitative estimate of drug-likeness (QED) is 0.335. The Balaban J connectivity index is 1.21. The molecule has 0 unspecified atom stereocenters. The summed E-state index contributed by atoms with van der Waals surface area (Å²) in [5, 5.41) is 5.31. The van der Waals surface area contributed by atoms with E-state index in [1.165, 1.54) is 27.6 Å². The van der Waals surface area contributed by atoms with Crippen molar-refractivity contribution in [3.63, 3.8) is 0 Å². The van der Waals surface area contributed by atoms with E-state index in [1.54, 1.807) is 0 Å². The maximum absolute atomic E-state index is 12.9. The topological polar surface area (TPSA) is 63.9 Å². The van der Waals surface area contributed by atoms with Gasteiger partial charge in [0, 0.05) is 41.9 Å². The number of urea groups is 1. The molecule has 0 atom stereocenters. The summed E-state index contributed by atoms with van der Waals surface area (Å²) in [6.45, 7) is 1.34. The zero-order valence-electron chi connectivity index (χ0n) is 17.0. The van der Waals surface area contributed by atoms with Gasteiger partial charge in [-0.1, -0.05) is 42.5 Å². The van der Waals surface area contributed by atoms with Gasteiger partial charge in [0.2, 0.25) is 0 Å². The van der Waals surface area contributed by atoms with Crippen LogP contribution < -0.4 is 5.32 Å². The molecular formula is C26H22N4O. The molecule has 3 N–H and O–H groups in total. The molecule has 5 nitrogen and oxygen atoms in total. The van der Waals surface area contributed by atoms with Crippen molar-refractivity contribution >= 4 is 33.5 Å². The highest BCUT2D eigenvalue weighted by atomic mass is 16.2. The molecule has 0 fully saturated rings. The Bertz CT molecular complexity index is 1430. The zero-order chi connectivity index (χ0) is 20.8. The van der Waals surface area contributed by atoms with Gasteiger partial charge in [-0.2, -0.15) is 0 Å². The van der Waals surface area contributed by atoms with E-state index in [9.17, 15) is 4.79 Å². The number of nitrogens with zero attached hydrogens (tertiary/aromatic N) is 1. The summed E-state index contributed by atoms with van der Waals surface area (Å²) in [6, 6.07) is 23.1. The number of amides is 2. The van der Waals surface area contributed by atoms with E-state index in [0.717, 1.165) is 28.5 Å². The molecule has 5 heteroatoms. The summed E-state index contributed by atoms with van der Waals surface area (Å²) in [4.78, 5) is 21.2. The van der Waals surface area contributed by atoms with Crippen LogP contribution in [-0.4, -0.2) is 27.4 Å². The van der Waals surface area contributed by atoms with Crippen LogP contribution in [-0.2, 0) is 13.0 Å². The molecule has 2 aromatic heterocycles. The minimum Gasteiger partial charge on any atom is -0.361 e. The van der Waals surface area contributed by atoms with Gasteiger partial charge in [0.1, 0.15) is 0 Å². The highest BCUT2D eigenvalue weighted by Crippen LogP contribution is 2.29. The van der Waals surface area contributed by atoms with Crippen molar-refractivity contribution in [2.45, 2.75) is 13.0 Å². The largest absolute Gasteiger partial charge is 0.361 e. The third-order valence-corrected chi connectivity index (χ3v) is 6.22. The standard InChI is InChI=1S/C26H22N4O/c31-26(29-25-15-28-24-4-2-1-3-22(24)25)30-12-10-19-13-17(5-6-21(19)16-30)18-7-8-23-20(14-18)9-11-27-23/h1-9,11,13-15,27-28H,10,12,16H2,(H,29,31). The van der Waals surface area contributed by atoms with Crippen molar-refractivity contribution in [1.82, 2.24) is 14.9 Å². The fourth-order valence-electron chi connectivity index (χ4n) is 4.51. The molecule has 0 spiro atoms. The predicted octanol–water partition coefficient (Wildman–Crippen LogP) is 5.91. The number of carbonyl (C=O) groups is 1. The van der Waals surface area contributed by atoms with Gasteiger partial charge in [-0.05, 0) is 58.3 Å². The van der Waals surface area contributed by atoms with Crippen molar-refractivity contribution in [1.29, 1.82) is 0 Å². The number of carbonyl (C=O) groups excluding carboxylic acids is 1. The summed E-state index contributed by atoms with van der Waals surface area (Å²) in [7, 11) is 0. The fourth-order valence-corrected chi connectivity index (χ4v) is 4.51. The second kappa shape index (κ2) is 7.06. The first-order valence-electron chi connectivity index (χ1n) is 10.6. The van der Waals surface area contributed by atoms with E-state index in [2.05, 4.69) is 57.7 Å². The van der Waals surface area contributed by atoms with Crippen LogP contribution in [0, 0.1) is 0 Å². The Morgan fingerprint density at radius 2 is 1.74 bits per heavy atom. The average molecular weight is 406 g/mol. The summed E-state index contributed by atoms with van der Waals surface area (Å²) in [6.07, 6.45) is 4.68. The number of aromatic amines is 2. The molecule has 0 bridgehead atoms. The first-order chi connectivity index (χ1) is 15.2. The number of aromatic nitrogens is 2. The minimum absolute atomic E-state index is 0.0580. The SMILES string of the molecule is O=C(Nc1c[nH]c2ccccc12)N1CCc2cc(-c3ccc4[nH]ccc4c3)ccc2C1. The van der Waals surface area contributed by atoms with Crippen LogP contribution in [0.3, 0.4) is 0 Å². The number of H-pyrrole nitrogens is 2. The molecule has 0 aliphatic carbocycles. The first-order valence-corrected chi connectivity index (χ1v) is 10.6. The lowest BCUT2D eigenvalue weighted by atomic mass is 9.94. The Labute approximate surface area is 179 Å². The van der Waals surface area contributed by atoms with E-state index in [0.29, 0.717) is 13.1 Å². The lowest BCUT2D eigenvalue weighted by molar-refractivity contribution is 0.206. The summed E-state index contributed by atoms with van der Waals surface area (Å²) in [5.41, 5.74) is 7.97. The van der Waals surface area contributed by atoms with Crippen molar-refractivity contribution in [3.8, 4) is 11.1 Å². The van der Waals surface area contributed by atoms with Gasteiger partial charge >= 0.3 is 6.03 Å². The Hall–Kier alpha value is -3.99. The number of anilines is 1. The maximum atomic E-state index is 12.9. The molecule has 6 rings (SSSR count). The Kier molecular flexibility index (Phi) is 4.06. The van der Waals surface area contributed by atoms with Crippen LogP contribution in [0.25, 0.3) is 32.9 Å². The van der Waals surface area contributed by atoms with Gasteiger partial charge in [0.15, 0.2) is 0 Å². The molecule has 3 aromatic carbocycles. The van der Waals surface area contributed by atoms with Crippen LogP contribution >= 0.6 is 0 Å². The van der Waals surface area contributed by atoms with Crippen molar-refractivity contribution < 1.29 is 4.79 Å². The lowest BCUT2D eigenvalue weighted by Crippen LogP contribution is -2.38. The van der Waals surface area contributed by atoms with Gasteiger partial charge in [0.25, 0.3) is 0 Å². The van der Waals surface area contributed by atoms with Crippen molar-refractivity contribution in [2.24, 2.45) is 0 Å². The molecule has 0 saturated heterocycles. The summed E-state index contributed by atoms with van der Waals surface area (Å²) in [5.74, 6) is 0. The number of para-hydroxylation sites is 1. The van der Waals surface area contributed by atoms with Crippen molar-refractivity contribution in [3.05, 3.63) is 90.3 Å².